The molecule has 1 rings (SSSR count). The molecule has 0 unspecified atom stereocenters. The van der Waals surface area contributed by atoms with E-state index in [1.165, 1.54) is 11.3 Å². The van der Waals surface area contributed by atoms with Crippen LogP contribution in [0.3, 0.4) is 0 Å². The van der Waals surface area contributed by atoms with Gasteiger partial charge in [-0.2, -0.15) is 0 Å². The first kappa shape index (κ1) is 17.1. The summed E-state index contributed by atoms with van der Waals surface area (Å²) in [4.78, 5) is 22.7. The second kappa shape index (κ2) is 7.70. The number of hydrogen-bond acceptors (Lipinski definition) is 5. The van der Waals surface area contributed by atoms with Gasteiger partial charge in [-0.25, -0.2) is 4.79 Å². The van der Waals surface area contributed by atoms with Crippen molar-refractivity contribution in [2.45, 2.75) is 39.7 Å². The van der Waals surface area contributed by atoms with Crippen molar-refractivity contribution in [3.05, 3.63) is 17.0 Å². The van der Waals surface area contributed by atoms with E-state index in [0.717, 1.165) is 5.56 Å². The van der Waals surface area contributed by atoms with Crippen LogP contribution in [0.15, 0.2) is 11.4 Å². The number of hydrogen-bond donors (Lipinski definition) is 1. The molecular weight excluding hydrogens is 290 g/mol. The van der Waals surface area contributed by atoms with Crippen molar-refractivity contribution in [2.24, 2.45) is 0 Å². The molecular formula is C15H19NO4S. The summed E-state index contributed by atoms with van der Waals surface area (Å²) in [5, 5.41) is 5.08. The molecule has 0 saturated heterocycles. The Morgan fingerprint density at radius 2 is 2.10 bits per heavy atom. The van der Waals surface area contributed by atoms with Crippen LogP contribution < -0.4 is 5.32 Å². The molecule has 1 aromatic rings. The molecule has 0 spiro atoms. The highest BCUT2D eigenvalue weighted by Crippen LogP contribution is 2.20. The van der Waals surface area contributed by atoms with Gasteiger partial charge in [0.1, 0.15) is 12.0 Å². The highest BCUT2D eigenvalue weighted by molar-refractivity contribution is 7.14. The lowest BCUT2D eigenvalue weighted by Crippen LogP contribution is -2.26. The third kappa shape index (κ3) is 7.37. The Hall–Kier alpha value is -2.00. The van der Waals surface area contributed by atoms with Crippen molar-refractivity contribution in [3.8, 4) is 11.8 Å². The second-order valence-electron chi connectivity index (χ2n) is 5.11. The van der Waals surface area contributed by atoms with E-state index >= 15 is 0 Å². The number of esters is 1. The largest absolute Gasteiger partial charge is 0.465 e. The summed E-state index contributed by atoms with van der Waals surface area (Å²) in [6.07, 6.45) is -0.450. The van der Waals surface area contributed by atoms with Crippen LogP contribution in [0.25, 0.3) is 0 Å². The molecule has 6 heteroatoms. The highest BCUT2D eigenvalue weighted by atomic mass is 32.1. The second-order valence-corrected chi connectivity index (χ2v) is 6.02. The molecule has 0 aliphatic rings. The van der Waals surface area contributed by atoms with E-state index < -0.39 is 11.7 Å². The number of rotatable bonds is 3. The van der Waals surface area contributed by atoms with Gasteiger partial charge >= 0.3 is 12.1 Å². The molecule has 0 atom stereocenters. The summed E-state index contributed by atoms with van der Waals surface area (Å²) in [5.41, 5.74) is 0.194. The summed E-state index contributed by atoms with van der Waals surface area (Å²) < 4.78 is 9.92. The van der Waals surface area contributed by atoms with E-state index in [2.05, 4.69) is 17.2 Å². The Balaban J connectivity index is 2.52. The van der Waals surface area contributed by atoms with Gasteiger partial charge in [0.05, 0.1) is 11.6 Å². The third-order valence-electron chi connectivity index (χ3n) is 1.99. The van der Waals surface area contributed by atoms with Crippen molar-refractivity contribution >= 4 is 28.4 Å². The van der Waals surface area contributed by atoms with Crippen LogP contribution in [-0.4, -0.2) is 24.3 Å². The Morgan fingerprint density at radius 3 is 2.71 bits per heavy atom. The molecule has 0 aromatic carbocycles. The van der Waals surface area contributed by atoms with E-state index in [1.54, 1.807) is 39.1 Å². The average molecular weight is 309 g/mol. The fraction of sp³-hybridized carbons (Fsp3) is 0.467. The summed E-state index contributed by atoms with van der Waals surface area (Å²) >= 11 is 1.34. The van der Waals surface area contributed by atoms with Crippen molar-refractivity contribution in [2.75, 3.05) is 11.9 Å². The van der Waals surface area contributed by atoms with Crippen molar-refractivity contribution < 1.29 is 19.1 Å². The summed E-state index contributed by atoms with van der Waals surface area (Å²) in [6, 6.07) is 1.73. The van der Waals surface area contributed by atoms with Gasteiger partial charge in [-0.3, -0.25) is 10.1 Å². The maximum Gasteiger partial charge on any atom is 0.412 e. The SMILES string of the molecule is CCOC(=O)CC#Cc1csc(NC(=O)OC(C)(C)C)c1. The van der Waals surface area contributed by atoms with Gasteiger partial charge < -0.3 is 9.47 Å². The lowest BCUT2D eigenvalue weighted by molar-refractivity contribution is -0.141. The van der Waals surface area contributed by atoms with Gasteiger partial charge in [-0.1, -0.05) is 11.8 Å². The lowest BCUT2D eigenvalue weighted by atomic mass is 10.2. The highest BCUT2D eigenvalue weighted by Gasteiger charge is 2.16. The standard InChI is InChI=1S/C15H19NO4S/c1-5-19-13(17)8-6-7-11-9-12(21-10-11)16-14(18)20-15(2,3)4/h9-10H,5,8H2,1-4H3,(H,16,18). The van der Waals surface area contributed by atoms with E-state index in [9.17, 15) is 9.59 Å². The number of nitrogens with one attached hydrogen (secondary N) is 1. The predicted octanol–water partition coefficient (Wildman–Crippen LogP) is 3.40. The van der Waals surface area contributed by atoms with Crippen LogP contribution in [0.1, 0.15) is 39.7 Å². The smallest absolute Gasteiger partial charge is 0.412 e. The van der Waals surface area contributed by atoms with Crippen LogP contribution in [0.4, 0.5) is 9.80 Å². The molecule has 0 saturated carbocycles. The van der Waals surface area contributed by atoms with E-state index in [-0.39, 0.29) is 12.4 Å². The molecule has 1 amide bonds. The number of thiophene rings is 1. The molecule has 0 fully saturated rings. The molecule has 21 heavy (non-hydrogen) atoms. The number of ether oxygens (including phenoxy) is 2. The molecule has 1 aromatic heterocycles. The van der Waals surface area contributed by atoms with Gasteiger partial charge in [0.15, 0.2) is 0 Å². The molecule has 114 valence electrons. The van der Waals surface area contributed by atoms with Crippen molar-refractivity contribution in [3.63, 3.8) is 0 Å². The maximum absolute atomic E-state index is 11.6. The van der Waals surface area contributed by atoms with Crippen molar-refractivity contribution in [1.29, 1.82) is 0 Å². The first-order valence-corrected chi connectivity index (χ1v) is 7.41. The topological polar surface area (TPSA) is 64.6 Å². The fourth-order valence-corrected chi connectivity index (χ4v) is 2.02. The zero-order valence-corrected chi connectivity index (χ0v) is 13.4. The van der Waals surface area contributed by atoms with Gasteiger partial charge in [0.2, 0.25) is 0 Å². The van der Waals surface area contributed by atoms with Crippen LogP contribution >= 0.6 is 11.3 Å². The summed E-state index contributed by atoms with van der Waals surface area (Å²) in [7, 11) is 0. The third-order valence-corrected chi connectivity index (χ3v) is 2.84. The minimum absolute atomic E-state index is 0.0541. The normalized spacial score (nSPS) is 10.3. The molecule has 0 bridgehead atoms. The van der Waals surface area contributed by atoms with Crippen LogP contribution in [0.5, 0.6) is 0 Å². The van der Waals surface area contributed by atoms with E-state index in [0.29, 0.717) is 11.6 Å². The number of carbonyl (C=O) groups excluding carboxylic acids is 2. The van der Waals surface area contributed by atoms with Crippen LogP contribution in [0.2, 0.25) is 0 Å². The van der Waals surface area contributed by atoms with Crippen LogP contribution in [-0.2, 0) is 14.3 Å². The molecule has 0 aliphatic carbocycles. The van der Waals surface area contributed by atoms with Gasteiger partial charge in [-0.05, 0) is 33.8 Å². The lowest BCUT2D eigenvalue weighted by Gasteiger charge is -2.19. The number of amides is 1. The predicted molar refractivity (Wildman–Crippen MR) is 82.3 cm³/mol. The Kier molecular flexibility index (Phi) is 6.25. The maximum atomic E-state index is 11.6. The first-order chi connectivity index (χ1) is 9.80. The number of anilines is 1. The van der Waals surface area contributed by atoms with E-state index in [1.807, 2.05) is 0 Å². The van der Waals surface area contributed by atoms with Gasteiger partial charge in [0, 0.05) is 10.9 Å². The van der Waals surface area contributed by atoms with Gasteiger partial charge in [0.25, 0.3) is 0 Å². The zero-order valence-electron chi connectivity index (χ0n) is 12.6. The zero-order chi connectivity index (χ0) is 15.9. The van der Waals surface area contributed by atoms with Crippen molar-refractivity contribution in [1.82, 2.24) is 0 Å². The Bertz CT molecular complexity index is 560. The molecule has 0 aliphatic heterocycles. The molecule has 0 radical (unpaired) electrons. The summed E-state index contributed by atoms with van der Waals surface area (Å²) in [6.45, 7) is 7.50. The van der Waals surface area contributed by atoms with Gasteiger partial charge in [-0.15, -0.1) is 11.3 Å². The minimum atomic E-state index is -0.538. The molecule has 1 heterocycles. The monoisotopic (exact) mass is 309 g/mol. The minimum Gasteiger partial charge on any atom is -0.465 e. The Morgan fingerprint density at radius 1 is 1.38 bits per heavy atom. The summed E-state index contributed by atoms with van der Waals surface area (Å²) in [5.74, 6) is 5.23. The fourth-order valence-electron chi connectivity index (χ4n) is 1.30. The van der Waals surface area contributed by atoms with Crippen LogP contribution in [0, 0.1) is 11.8 Å². The Labute approximate surface area is 128 Å². The quantitative estimate of drug-likeness (QED) is 0.686. The molecule has 1 N–H and O–H groups in total. The number of carbonyl (C=O) groups is 2. The average Bonchev–Trinajstić information content (AvgIpc) is 2.74. The molecule has 5 nitrogen and oxygen atoms in total. The van der Waals surface area contributed by atoms with E-state index in [4.69, 9.17) is 9.47 Å². The first-order valence-electron chi connectivity index (χ1n) is 6.53.